The normalized spacial score (nSPS) is 11.1. The molecule has 8 heteroatoms. The number of aromatic nitrogens is 5. The molecule has 0 fully saturated rings. The molecule has 5 rings (SSSR count). The summed E-state index contributed by atoms with van der Waals surface area (Å²) >= 11 is 0. The van der Waals surface area contributed by atoms with E-state index in [0.717, 1.165) is 22.6 Å². The van der Waals surface area contributed by atoms with E-state index in [1.165, 1.54) is 12.1 Å². The van der Waals surface area contributed by atoms with Crippen molar-refractivity contribution in [3.63, 3.8) is 0 Å². The zero-order valence-corrected chi connectivity index (χ0v) is 17.9. The van der Waals surface area contributed by atoms with Crippen molar-refractivity contribution < 1.29 is 9.18 Å². The molecule has 33 heavy (non-hydrogen) atoms. The summed E-state index contributed by atoms with van der Waals surface area (Å²) in [6, 6.07) is 23.7. The summed E-state index contributed by atoms with van der Waals surface area (Å²) in [5.74, 6) is 0.735. The molecule has 0 saturated carbocycles. The number of para-hydroxylation sites is 1. The van der Waals surface area contributed by atoms with Crippen molar-refractivity contribution in [2.45, 2.75) is 6.42 Å². The molecule has 0 radical (unpaired) electrons. The maximum absolute atomic E-state index is 13.5. The highest BCUT2D eigenvalue weighted by Crippen LogP contribution is 2.21. The molecule has 2 heterocycles. The maximum atomic E-state index is 13.5. The van der Waals surface area contributed by atoms with Crippen LogP contribution in [0.1, 0.15) is 16.4 Å². The van der Waals surface area contributed by atoms with Crippen LogP contribution in [0.25, 0.3) is 28.1 Å². The molecule has 0 aliphatic rings. The minimum atomic E-state index is -0.369. The first-order chi connectivity index (χ1) is 16.1. The third-order valence-electron chi connectivity index (χ3n) is 5.41. The Bertz CT molecular complexity index is 1370. The average Bonchev–Trinajstić information content (AvgIpc) is 3.42. The van der Waals surface area contributed by atoms with Crippen LogP contribution in [0.15, 0.2) is 78.9 Å². The fraction of sp³-hybridized carbons (Fsp3) is 0.120. The van der Waals surface area contributed by atoms with Crippen molar-refractivity contribution in [3.8, 4) is 17.1 Å². The third kappa shape index (κ3) is 4.10. The number of halogens is 1. The molecule has 0 spiro atoms. The maximum Gasteiger partial charge on any atom is 0.291 e. The van der Waals surface area contributed by atoms with Gasteiger partial charge in [0.25, 0.3) is 5.91 Å². The standard InChI is InChI=1S/C25H21FN6O/c1-31-21-13-12-18(26)16-20(21)28-22(31)14-15-27-25(33)23-29-24(17-8-4-2-5-9-17)32(30-23)19-10-6-3-7-11-19/h2-13,16H,14-15H2,1H3,(H,27,33). The summed E-state index contributed by atoms with van der Waals surface area (Å²) < 4.78 is 17.1. The Morgan fingerprint density at radius 2 is 1.70 bits per heavy atom. The molecular weight excluding hydrogens is 419 g/mol. The van der Waals surface area contributed by atoms with Crippen molar-refractivity contribution in [2.75, 3.05) is 6.54 Å². The first kappa shape index (κ1) is 20.6. The van der Waals surface area contributed by atoms with Crippen molar-refractivity contribution in [1.82, 2.24) is 29.6 Å². The quantitative estimate of drug-likeness (QED) is 0.434. The lowest BCUT2D eigenvalue weighted by molar-refractivity contribution is 0.0943. The number of carbonyl (C=O) groups is 1. The zero-order valence-electron chi connectivity index (χ0n) is 17.9. The topological polar surface area (TPSA) is 77.6 Å². The van der Waals surface area contributed by atoms with Crippen molar-refractivity contribution in [1.29, 1.82) is 0 Å². The highest BCUT2D eigenvalue weighted by atomic mass is 19.1. The number of amides is 1. The SMILES string of the molecule is Cn1c(CCNC(=O)c2nc(-c3ccccc3)n(-c3ccccc3)n2)nc2cc(F)ccc21. The monoisotopic (exact) mass is 440 g/mol. The fourth-order valence-corrected chi connectivity index (χ4v) is 3.74. The van der Waals surface area contributed by atoms with Crippen molar-refractivity contribution in [3.05, 3.63) is 96.3 Å². The number of nitrogens with zero attached hydrogens (tertiary/aromatic N) is 5. The van der Waals surface area contributed by atoms with Gasteiger partial charge in [0, 0.05) is 31.6 Å². The number of fused-ring (bicyclic) bond motifs is 1. The second-order valence-electron chi connectivity index (χ2n) is 7.60. The van der Waals surface area contributed by atoms with Crippen LogP contribution >= 0.6 is 0 Å². The van der Waals surface area contributed by atoms with Crippen LogP contribution in [-0.4, -0.2) is 36.8 Å². The minimum absolute atomic E-state index is 0.0878. The van der Waals surface area contributed by atoms with Gasteiger partial charge in [0.05, 0.1) is 16.7 Å². The molecule has 2 aromatic heterocycles. The predicted molar refractivity (Wildman–Crippen MR) is 124 cm³/mol. The predicted octanol–water partition coefficient (Wildman–Crippen LogP) is 3.93. The number of nitrogens with one attached hydrogen (secondary N) is 1. The van der Waals surface area contributed by atoms with Crippen LogP contribution in [-0.2, 0) is 13.5 Å². The van der Waals surface area contributed by atoms with Gasteiger partial charge in [0.15, 0.2) is 5.82 Å². The van der Waals surface area contributed by atoms with E-state index in [-0.39, 0.29) is 17.5 Å². The van der Waals surface area contributed by atoms with Gasteiger partial charge in [-0.25, -0.2) is 19.0 Å². The van der Waals surface area contributed by atoms with E-state index >= 15 is 0 Å². The lowest BCUT2D eigenvalue weighted by atomic mass is 10.2. The summed E-state index contributed by atoms with van der Waals surface area (Å²) in [5, 5.41) is 7.34. The van der Waals surface area contributed by atoms with Gasteiger partial charge in [-0.05, 0) is 24.3 Å². The molecule has 0 aliphatic heterocycles. The largest absolute Gasteiger partial charge is 0.349 e. The van der Waals surface area contributed by atoms with Crippen LogP contribution in [0.5, 0.6) is 0 Å². The molecule has 0 unspecified atom stereocenters. The van der Waals surface area contributed by atoms with Crippen LogP contribution in [0.3, 0.4) is 0 Å². The summed E-state index contributed by atoms with van der Waals surface area (Å²) in [4.78, 5) is 21.8. The van der Waals surface area contributed by atoms with Crippen LogP contribution in [0.2, 0.25) is 0 Å². The summed E-state index contributed by atoms with van der Waals surface area (Å²) in [6.45, 7) is 0.346. The van der Waals surface area contributed by atoms with E-state index in [2.05, 4.69) is 20.4 Å². The summed E-state index contributed by atoms with van der Waals surface area (Å²) in [6.07, 6.45) is 0.490. The second-order valence-corrected chi connectivity index (χ2v) is 7.60. The number of hydrogen-bond donors (Lipinski definition) is 1. The van der Waals surface area contributed by atoms with Crippen LogP contribution in [0, 0.1) is 5.82 Å². The lowest BCUT2D eigenvalue weighted by Gasteiger charge is -2.05. The molecule has 0 atom stereocenters. The molecule has 7 nitrogen and oxygen atoms in total. The number of hydrogen-bond acceptors (Lipinski definition) is 4. The van der Waals surface area contributed by atoms with Gasteiger partial charge >= 0.3 is 0 Å². The molecule has 1 N–H and O–H groups in total. The highest BCUT2D eigenvalue weighted by Gasteiger charge is 2.19. The van der Waals surface area contributed by atoms with Gasteiger partial charge < -0.3 is 9.88 Å². The Balaban J connectivity index is 1.36. The molecule has 0 aliphatic carbocycles. The molecule has 5 aromatic rings. The Hall–Kier alpha value is -4.33. The van der Waals surface area contributed by atoms with E-state index in [1.807, 2.05) is 72.3 Å². The minimum Gasteiger partial charge on any atom is -0.349 e. The molecule has 0 bridgehead atoms. The number of carbonyl (C=O) groups excluding carboxylic acids is 1. The van der Waals surface area contributed by atoms with Crippen LogP contribution < -0.4 is 5.32 Å². The van der Waals surface area contributed by atoms with Crippen molar-refractivity contribution >= 4 is 16.9 Å². The Kier molecular flexibility index (Phi) is 5.40. The average molecular weight is 440 g/mol. The van der Waals surface area contributed by atoms with Gasteiger partial charge in [-0.2, -0.15) is 0 Å². The number of aryl methyl sites for hydroxylation is 1. The summed E-state index contributed by atoms with van der Waals surface area (Å²) in [5.41, 5.74) is 3.11. The van der Waals surface area contributed by atoms with Gasteiger partial charge in [-0.1, -0.05) is 48.5 Å². The lowest BCUT2D eigenvalue weighted by Crippen LogP contribution is -2.27. The van der Waals surface area contributed by atoms with E-state index in [9.17, 15) is 9.18 Å². The second kappa shape index (κ2) is 8.66. The number of rotatable bonds is 6. The van der Waals surface area contributed by atoms with E-state index in [1.54, 1.807) is 10.7 Å². The van der Waals surface area contributed by atoms with Crippen molar-refractivity contribution in [2.24, 2.45) is 7.05 Å². The zero-order chi connectivity index (χ0) is 22.8. The molecule has 164 valence electrons. The Labute approximate surface area is 189 Å². The van der Waals surface area contributed by atoms with Gasteiger partial charge in [0.1, 0.15) is 11.6 Å². The summed E-state index contributed by atoms with van der Waals surface area (Å²) in [7, 11) is 1.87. The van der Waals surface area contributed by atoms with E-state index in [4.69, 9.17) is 0 Å². The fourth-order valence-electron chi connectivity index (χ4n) is 3.74. The first-order valence-electron chi connectivity index (χ1n) is 10.6. The third-order valence-corrected chi connectivity index (χ3v) is 5.41. The highest BCUT2D eigenvalue weighted by molar-refractivity contribution is 5.91. The van der Waals surface area contributed by atoms with Gasteiger partial charge in [-0.3, -0.25) is 4.79 Å². The number of benzene rings is 3. The molecule has 1 amide bonds. The Morgan fingerprint density at radius 1 is 0.970 bits per heavy atom. The van der Waals surface area contributed by atoms with E-state index < -0.39 is 0 Å². The molecule has 0 saturated heterocycles. The van der Waals surface area contributed by atoms with Gasteiger partial charge in [-0.15, -0.1) is 5.10 Å². The molecule has 3 aromatic carbocycles. The number of imidazole rings is 1. The molecular formula is C25H21FN6O. The first-order valence-corrected chi connectivity index (χ1v) is 10.6. The van der Waals surface area contributed by atoms with Gasteiger partial charge in [0.2, 0.25) is 5.82 Å². The Morgan fingerprint density at radius 3 is 2.45 bits per heavy atom. The smallest absolute Gasteiger partial charge is 0.291 e. The van der Waals surface area contributed by atoms with Crippen LogP contribution in [0.4, 0.5) is 4.39 Å². The van der Waals surface area contributed by atoms with E-state index in [0.29, 0.717) is 24.3 Å².